The highest BCUT2D eigenvalue weighted by Crippen LogP contribution is 2.33. The van der Waals surface area contributed by atoms with Crippen LogP contribution in [0.25, 0.3) is 0 Å². The van der Waals surface area contributed by atoms with E-state index in [4.69, 9.17) is 0 Å². The van der Waals surface area contributed by atoms with Gasteiger partial charge in [-0.3, -0.25) is 9.59 Å². The van der Waals surface area contributed by atoms with Crippen LogP contribution >= 0.6 is 0 Å². The van der Waals surface area contributed by atoms with Crippen molar-refractivity contribution < 1.29 is 9.59 Å². The van der Waals surface area contributed by atoms with Crippen molar-refractivity contribution in [1.82, 2.24) is 10.2 Å². The number of hydrogen-bond donors (Lipinski definition) is 1. The minimum atomic E-state index is -0.670. The predicted molar refractivity (Wildman–Crippen MR) is 81.3 cm³/mol. The van der Waals surface area contributed by atoms with E-state index < -0.39 is 5.54 Å². The number of piperazine rings is 1. The first kappa shape index (κ1) is 17.0. The van der Waals surface area contributed by atoms with Gasteiger partial charge in [-0.15, -0.1) is 0 Å². The van der Waals surface area contributed by atoms with E-state index >= 15 is 0 Å². The summed E-state index contributed by atoms with van der Waals surface area (Å²) in [5, 5.41) is 2.96. The summed E-state index contributed by atoms with van der Waals surface area (Å²) in [6.45, 7) is 12.1. The topological polar surface area (TPSA) is 49.4 Å². The Morgan fingerprint density at radius 3 is 2.10 bits per heavy atom. The van der Waals surface area contributed by atoms with E-state index in [1.807, 2.05) is 32.6 Å². The van der Waals surface area contributed by atoms with E-state index in [1.165, 1.54) is 0 Å². The zero-order valence-electron chi connectivity index (χ0n) is 13.8. The van der Waals surface area contributed by atoms with Gasteiger partial charge in [0.25, 0.3) is 0 Å². The van der Waals surface area contributed by atoms with E-state index in [0.717, 1.165) is 12.8 Å². The highest BCUT2D eigenvalue weighted by Gasteiger charge is 2.52. The first-order valence-corrected chi connectivity index (χ1v) is 7.99. The Morgan fingerprint density at radius 2 is 1.70 bits per heavy atom. The summed E-state index contributed by atoms with van der Waals surface area (Å²) in [5.41, 5.74) is -0.670. The first-order valence-electron chi connectivity index (χ1n) is 7.99. The molecular weight excluding hydrogens is 252 g/mol. The summed E-state index contributed by atoms with van der Waals surface area (Å²) >= 11 is 0. The van der Waals surface area contributed by atoms with Crippen LogP contribution in [0.15, 0.2) is 0 Å². The Labute approximate surface area is 123 Å². The van der Waals surface area contributed by atoms with Gasteiger partial charge in [-0.05, 0) is 32.1 Å². The Bertz CT molecular complexity index is 361. The van der Waals surface area contributed by atoms with Gasteiger partial charge in [-0.2, -0.15) is 0 Å². The van der Waals surface area contributed by atoms with Gasteiger partial charge in [0, 0.05) is 6.04 Å². The lowest BCUT2D eigenvalue weighted by molar-refractivity contribution is -0.163. The van der Waals surface area contributed by atoms with Gasteiger partial charge < -0.3 is 10.2 Å². The minimum absolute atomic E-state index is 0.0174. The fourth-order valence-corrected chi connectivity index (χ4v) is 3.36. The van der Waals surface area contributed by atoms with Crippen molar-refractivity contribution in [3.8, 4) is 0 Å². The molecular formula is C16H30N2O2. The van der Waals surface area contributed by atoms with Crippen molar-refractivity contribution in [2.45, 2.75) is 84.8 Å². The molecule has 116 valence electrons. The summed E-state index contributed by atoms with van der Waals surface area (Å²) in [4.78, 5) is 27.4. The molecule has 2 atom stereocenters. The molecule has 1 aliphatic rings. The molecule has 4 nitrogen and oxygen atoms in total. The maximum Gasteiger partial charge on any atom is 0.246 e. The molecule has 0 spiro atoms. The average molecular weight is 282 g/mol. The molecule has 0 radical (unpaired) electrons. The predicted octanol–water partition coefficient (Wildman–Crippen LogP) is 2.72. The van der Waals surface area contributed by atoms with E-state index in [1.54, 1.807) is 0 Å². The van der Waals surface area contributed by atoms with Gasteiger partial charge >= 0.3 is 0 Å². The summed E-state index contributed by atoms with van der Waals surface area (Å²) < 4.78 is 0. The summed E-state index contributed by atoms with van der Waals surface area (Å²) in [5.74, 6) is 0.225. The standard InChI is InChI=1S/C16H30N2O2/c1-7-10-12(6)18-14(19)13(11(4)5)17-15(20)16(18,8-2)9-3/h11-13H,7-10H2,1-6H3,(H,17,20). The number of carbonyl (C=O) groups is 2. The second-order valence-electron chi connectivity index (χ2n) is 6.28. The Kier molecular flexibility index (Phi) is 5.60. The smallest absolute Gasteiger partial charge is 0.246 e. The number of amides is 2. The number of hydrogen-bond acceptors (Lipinski definition) is 2. The maximum absolute atomic E-state index is 12.9. The van der Waals surface area contributed by atoms with Crippen LogP contribution in [0.1, 0.15) is 67.2 Å². The quantitative estimate of drug-likeness (QED) is 0.814. The van der Waals surface area contributed by atoms with Crippen molar-refractivity contribution in [2.75, 3.05) is 0 Å². The molecule has 1 heterocycles. The van der Waals surface area contributed by atoms with Crippen molar-refractivity contribution in [3.05, 3.63) is 0 Å². The van der Waals surface area contributed by atoms with E-state index in [2.05, 4.69) is 19.2 Å². The molecule has 1 fully saturated rings. The normalized spacial score (nSPS) is 23.9. The molecule has 1 saturated heterocycles. The van der Waals surface area contributed by atoms with E-state index in [-0.39, 0.29) is 29.8 Å². The van der Waals surface area contributed by atoms with E-state index in [9.17, 15) is 9.59 Å². The van der Waals surface area contributed by atoms with Gasteiger partial charge in [-0.25, -0.2) is 0 Å². The van der Waals surface area contributed by atoms with Crippen molar-refractivity contribution >= 4 is 11.8 Å². The van der Waals surface area contributed by atoms with Crippen molar-refractivity contribution in [2.24, 2.45) is 5.92 Å². The maximum atomic E-state index is 12.9. The molecule has 0 aromatic carbocycles. The largest absolute Gasteiger partial charge is 0.342 e. The Morgan fingerprint density at radius 1 is 1.15 bits per heavy atom. The van der Waals surface area contributed by atoms with Gasteiger partial charge in [0.1, 0.15) is 11.6 Å². The van der Waals surface area contributed by atoms with Crippen LogP contribution in [0.2, 0.25) is 0 Å². The molecule has 0 aromatic rings. The molecule has 4 heteroatoms. The van der Waals surface area contributed by atoms with Gasteiger partial charge in [0.2, 0.25) is 11.8 Å². The number of nitrogens with zero attached hydrogens (tertiary/aromatic N) is 1. The molecule has 2 amide bonds. The van der Waals surface area contributed by atoms with Crippen LogP contribution < -0.4 is 5.32 Å². The zero-order valence-corrected chi connectivity index (χ0v) is 13.8. The van der Waals surface area contributed by atoms with Gasteiger partial charge in [0.05, 0.1) is 0 Å². The van der Waals surface area contributed by atoms with Crippen LogP contribution in [0.3, 0.4) is 0 Å². The fourth-order valence-electron chi connectivity index (χ4n) is 3.36. The highest BCUT2D eigenvalue weighted by atomic mass is 16.2. The molecule has 0 aromatic heterocycles. The number of nitrogens with one attached hydrogen (secondary N) is 1. The summed E-state index contributed by atoms with van der Waals surface area (Å²) in [7, 11) is 0. The third kappa shape index (κ3) is 2.70. The Hall–Kier alpha value is -1.06. The summed E-state index contributed by atoms with van der Waals surface area (Å²) in [6.07, 6.45) is 3.29. The second kappa shape index (κ2) is 6.59. The van der Waals surface area contributed by atoms with Gasteiger partial charge in [-0.1, -0.05) is 41.0 Å². The molecule has 1 aliphatic heterocycles. The summed E-state index contributed by atoms with van der Waals surface area (Å²) in [6, 6.07) is -0.271. The molecule has 1 rings (SSSR count). The molecule has 2 unspecified atom stereocenters. The third-order valence-electron chi connectivity index (χ3n) is 4.66. The molecule has 1 N–H and O–H groups in total. The lowest BCUT2D eigenvalue weighted by Crippen LogP contribution is -2.72. The fraction of sp³-hybridized carbons (Fsp3) is 0.875. The number of carbonyl (C=O) groups excluding carboxylic acids is 2. The molecule has 0 saturated carbocycles. The van der Waals surface area contributed by atoms with Crippen molar-refractivity contribution in [3.63, 3.8) is 0 Å². The first-order chi connectivity index (χ1) is 9.35. The minimum Gasteiger partial charge on any atom is -0.342 e. The van der Waals surface area contributed by atoms with Gasteiger partial charge in [0.15, 0.2) is 0 Å². The van der Waals surface area contributed by atoms with Crippen LogP contribution in [-0.2, 0) is 9.59 Å². The molecule has 0 aliphatic carbocycles. The monoisotopic (exact) mass is 282 g/mol. The number of rotatable bonds is 6. The van der Waals surface area contributed by atoms with Crippen molar-refractivity contribution in [1.29, 1.82) is 0 Å². The SMILES string of the molecule is CCCC(C)N1C(=O)C(C(C)C)NC(=O)C1(CC)CC. The molecule has 20 heavy (non-hydrogen) atoms. The molecule has 0 bridgehead atoms. The van der Waals surface area contributed by atoms with Crippen LogP contribution in [-0.4, -0.2) is 34.3 Å². The second-order valence-corrected chi connectivity index (χ2v) is 6.28. The average Bonchev–Trinajstić information content (AvgIpc) is 2.40. The Balaban J connectivity index is 3.23. The van der Waals surface area contributed by atoms with Crippen LogP contribution in [0.5, 0.6) is 0 Å². The van der Waals surface area contributed by atoms with E-state index in [0.29, 0.717) is 12.8 Å². The zero-order chi connectivity index (χ0) is 15.5. The highest BCUT2D eigenvalue weighted by molar-refractivity contribution is 6.00. The van der Waals surface area contributed by atoms with Crippen LogP contribution in [0, 0.1) is 5.92 Å². The third-order valence-corrected chi connectivity index (χ3v) is 4.66. The van der Waals surface area contributed by atoms with Crippen LogP contribution in [0.4, 0.5) is 0 Å². The lowest BCUT2D eigenvalue weighted by atomic mass is 9.82. The lowest BCUT2D eigenvalue weighted by Gasteiger charge is -2.51.